The van der Waals surface area contributed by atoms with Crippen LogP contribution in [0.4, 0.5) is 0 Å². The fourth-order valence-electron chi connectivity index (χ4n) is 1.74. The first-order chi connectivity index (χ1) is 8.94. The van der Waals surface area contributed by atoms with Gasteiger partial charge in [-0.25, -0.2) is 12.7 Å². The van der Waals surface area contributed by atoms with Crippen LogP contribution in [-0.4, -0.2) is 31.9 Å². The molecule has 0 aliphatic rings. The molecule has 19 heavy (non-hydrogen) atoms. The third-order valence-corrected chi connectivity index (χ3v) is 4.67. The molecule has 0 radical (unpaired) electrons. The van der Waals surface area contributed by atoms with Crippen LogP contribution in [0.2, 0.25) is 0 Å². The van der Waals surface area contributed by atoms with Crippen LogP contribution in [0, 0.1) is 0 Å². The molecule has 0 saturated carbocycles. The number of hydrogen-bond donors (Lipinski definition) is 1. The lowest BCUT2D eigenvalue weighted by Gasteiger charge is -2.17. The van der Waals surface area contributed by atoms with Crippen molar-refractivity contribution in [2.75, 3.05) is 14.1 Å². The van der Waals surface area contributed by atoms with E-state index in [0.717, 1.165) is 4.31 Å². The third-order valence-electron chi connectivity index (χ3n) is 2.78. The van der Waals surface area contributed by atoms with Gasteiger partial charge in [0.15, 0.2) is 0 Å². The Labute approximate surface area is 112 Å². The van der Waals surface area contributed by atoms with Crippen molar-refractivity contribution in [3.8, 4) is 0 Å². The Balaban J connectivity index is 2.54. The minimum Gasteiger partial charge on any atom is -0.466 e. The molecular weight excluding hydrogens is 266 g/mol. The number of sulfonamides is 1. The molecule has 1 heterocycles. The van der Waals surface area contributed by atoms with E-state index in [9.17, 15) is 13.5 Å². The van der Waals surface area contributed by atoms with Crippen LogP contribution in [0.15, 0.2) is 52.0 Å². The molecule has 1 aromatic carbocycles. The molecule has 0 spiro atoms. The number of nitrogens with zero attached hydrogens (tertiary/aromatic N) is 1. The molecule has 2 aromatic rings. The zero-order valence-corrected chi connectivity index (χ0v) is 11.5. The number of furan rings is 1. The molecule has 6 heteroatoms. The molecule has 0 bridgehead atoms. The lowest BCUT2D eigenvalue weighted by atomic mass is 10.1. The molecule has 5 nitrogen and oxygen atoms in total. The van der Waals surface area contributed by atoms with Gasteiger partial charge in [0.25, 0.3) is 0 Å². The number of aliphatic hydroxyl groups is 1. The van der Waals surface area contributed by atoms with Gasteiger partial charge in [-0.2, -0.15) is 0 Å². The monoisotopic (exact) mass is 281 g/mol. The van der Waals surface area contributed by atoms with Gasteiger partial charge in [0.1, 0.15) is 11.9 Å². The zero-order chi connectivity index (χ0) is 14.0. The van der Waals surface area contributed by atoms with E-state index in [1.54, 1.807) is 30.3 Å². The molecule has 0 aliphatic heterocycles. The summed E-state index contributed by atoms with van der Waals surface area (Å²) in [6.45, 7) is 0. The van der Waals surface area contributed by atoms with Crippen LogP contribution in [0.1, 0.15) is 17.4 Å². The molecule has 1 aromatic heterocycles. The highest BCUT2D eigenvalue weighted by Gasteiger charge is 2.25. The van der Waals surface area contributed by atoms with Crippen LogP contribution in [0.5, 0.6) is 0 Å². The van der Waals surface area contributed by atoms with Crippen molar-refractivity contribution in [2.45, 2.75) is 11.0 Å². The van der Waals surface area contributed by atoms with Gasteiger partial charge >= 0.3 is 0 Å². The van der Waals surface area contributed by atoms with E-state index < -0.39 is 16.1 Å². The summed E-state index contributed by atoms with van der Waals surface area (Å²) in [5, 5.41) is 10.2. The summed E-state index contributed by atoms with van der Waals surface area (Å²) < 4.78 is 30.7. The fourth-order valence-corrected chi connectivity index (χ4v) is 2.86. The van der Waals surface area contributed by atoms with Gasteiger partial charge in [-0.1, -0.05) is 18.2 Å². The van der Waals surface area contributed by atoms with E-state index in [-0.39, 0.29) is 4.90 Å². The maximum absolute atomic E-state index is 12.2. The summed E-state index contributed by atoms with van der Waals surface area (Å²) in [5.41, 5.74) is 0.297. The Kier molecular flexibility index (Phi) is 3.75. The zero-order valence-electron chi connectivity index (χ0n) is 10.6. The lowest BCUT2D eigenvalue weighted by Crippen LogP contribution is -2.24. The van der Waals surface area contributed by atoms with Crippen LogP contribution >= 0.6 is 0 Å². The maximum Gasteiger partial charge on any atom is 0.242 e. The quantitative estimate of drug-likeness (QED) is 0.924. The predicted molar refractivity (Wildman–Crippen MR) is 70.1 cm³/mol. The van der Waals surface area contributed by atoms with Crippen molar-refractivity contribution in [3.63, 3.8) is 0 Å². The normalized spacial score (nSPS) is 13.7. The van der Waals surface area contributed by atoms with E-state index >= 15 is 0 Å². The second kappa shape index (κ2) is 5.16. The molecule has 0 saturated heterocycles. The number of benzene rings is 1. The summed E-state index contributed by atoms with van der Waals surface area (Å²) in [4.78, 5) is 0.0731. The smallest absolute Gasteiger partial charge is 0.242 e. The van der Waals surface area contributed by atoms with Gasteiger partial charge in [-0.05, 0) is 18.2 Å². The first kappa shape index (κ1) is 13.8. The SMILES string of the molecule is CN(C)S(=O)(=O)c1ccccc1C(O)c1ccco1. The molecule has 0 amide bonds. The highest BCUT2D eigenvalue weighted by Crippen LogP contribution is 2.29. The highest BCUT2D eigenvalue weighted by molar-refractivity contribution is 7.89. The van der Waals surface area contributed by atoms with E-state index in [0.29, 0.717) is 11.3 Å². The van der Waals surface area contributed by atoms with Crippen molar-refractivity contribution in [3.05, 3.63) is 54.0 Å². The van der Waals surface area contributed by atoms with Gasteiger partial charge in [-0.3, -0.25) is 0 Å². The Morgan fingerprint density at radius 2 is 1.84 bits per heavy atom. The Hall–Kier alpha value is -1.63. The third kappa shape index (κ3) is 2.56. The molecule has 0 aliphatic carbocycles. The molecule has 2 rings (SSSR count). The Morgan fingerprint density at radius 3 is 2.42 bits per heavy atom. The van der Waals surface area contributed by atoms with Crippen LogP contribution in [-0.2, 0) is 10.0 Å². The van der Waals surface area contributed by atoms with Gasteiger partial charge < -0.3 is 9.52 Å². The van der Waals surface area contributed by atoms with Crippen LogP contribution < -0.4 is 0 Å². The summed E-state index contributed by atoms with van der Waals surface area (Å²) in [6, 6.07) is 9.58. The average Bonchev–Trinajstić information content (AvgIpc) is 2.91. The lowest BCUT2D eigenvalue weighted by molar-refractivity contribution is 0.186. The first-order valence-electron chi connectivity index (χ1n) is 5.67. The second-order valence-corrected chi connectivity index (χ2v) is 6.36. The summed E-state index contributed by atoms with van der Waals surface area (Å²) in [5.74, 6) is 0.307. The van der Waals surface area contributed by atoms with Gasteiger partial charge in [0.05, 0.1) is 11.2 Å². The van der Waals surface area contributed by atoms with Crippen molar-refractivity contribution >= 4 is 10.0 Å². The topological polar surface area (TPSA) is 70.8 Å². The maximum atomic E-state index is 12.2. The molecular formula is C13H15NO4S. The van der Waals surface area contributed by atoms with Crippen molar-refractivity contribution in [2.24, 2.45) is 0 Å². The minimum atomic E-state index is -3.61. The van der Waals surface area contributed by atoms with Crippen LogP contribution in [0.25, 0.3) is 0 Å². The summed E-state index contributed by atoms with van der Waals surface area (Å²) in [6.07, 6.45) is 0.322. The summed E-state index contributed by atoms with van der Waals surface area (Å²) in [7, 11) is -0.712. The Bertz CT molecular complexity index is 647. The fraction of sp³-hybridized carbons (Fsp3) is 0.231. The highest BCUT2D eigenvalue weighted by atomic mass is 32.2. The second-order valence-electron chi connectivity index (χ2n) is 4.24. The van der Waals surface area contributed by atoms with Crippen LogP contribution in [0.3, 0.4) is 0 Å². The molecule has 1 unspecified atom stereocenters. The van der Waals surface area contributed by atoms with Gasteiger partial charge in [-0.15, -0.1) is 0 Å². The van der Waals surface area contributed by atoms with Crippen molar-refractivity contribution in [1.82, 2.24) is 4.31 Å². The molecule has 1 atom stereocenters. The molecule has 102 valence electrons. The number of aliphatic hydroxyl groups excluding tert-OH is 1. The van der Waals surface area contributed by atoms with Crippen molar-refractivity contribution < 1.29 is 17.9 Å². The number of hydrogen-bond acceptors (Lipinski definition) is 4. The van der Waals surface area contributed by atoms with E-state index in [4.69, 9.17) is 4.42 Å². The molecule has 1 N–H and O–H groups in total. The predicted octanol–water partition coefficient (Wildman–Crippen LogP) is 1.61. The van der Waals surface area contributed by atoms with Gasteiger partial charge in [0, 0.05) is 19.7 Å². The summed E-state index contributed by atoms with van der Waals surface area (Å²) >= 11 is 0. The van der Waals surface area contributed by atoms with Crippen molar-refractivity contribution in [1.29, 1.82) is 0 Å². The van der Waals surface area contributed by atoms with E-state index in [1.807, 2.05) is 0 Å². The van der Waals surface area contributed by atoms with Gasteiger partial charge in [0.2, 0.25) is 10.0 Å². The number of rotatable bonds is 4. The molecule has 0 fully saturated rings. The Morgan fingerprint density at radius 1 is 1.16 bits per heavy atom. The van der Waals surface area contributed by atoms with E-state index in [2.05, 4.69) is 0 Å². The average molecular weight is 281 g/mol. The minimum absolute atomic E-state index is 0.0731. The van der Waals surface area contributed by atoms with E-state index in [1.165, 1.54) is 26.4 Å². The standard InChI is InChI=1S/C13H15NO4S/c1-14(2)19(16,17)12-8-4-3-6-10(12)13(15)11-7-5-9-18-11/h3-9,13,15H,1-2H3. The largest absolute Gasteiger partial charge is 0.466 e. The first-order valence-corrected chi connectivity index (χ1v) is 7.11.